The van der Waals surface area contributed by atoms with Crippen molar-refractivity contribution >= 4 is 17.5 Å². The molecule has 1 heterocycles. The number of fused-ring (bicyclic) bond motifs is 1. The molecule has 0 spiro atoms. The highest BCUT2D eigenvalue weighted by Crippen LogP contribution is 2.46. The summed E-state index contributed by atoms with van der Waals surface area (Å²) < 4.78 is 15.8. The summed E-state index contributed by atoms with van der Waals surface area (Å²) in [7, 11) is 3.20. The zero-order chi connectivity index (χ0) is 24.9. The number of ether oxygens (including phenoxy) is 3. The number of esters is 1. The molecule has 1 saturated carbocycles. The first-order chi connectivity index (χ1) is 17.0. The van der Waals surface area contributed by atoms with Crippen LogP contribution in [-0.2, 0) is 25.5 Å². The Kier molecular flexibility index (Phi) is 7.81. The van der Waals surface area contributed by atoms with Gasteiger partial charge in [-0.25, -0.2) is 4.79 Å². The molecule has 4 rings (SSSR count). The van der Waals surface area contributed by atoms with Crippen LogP contribution in [0.25, 0.3) is 0 Å². The van der Waals surface area contributed by atoms with Crippen LogP contribution in [-0.4, -0.2) is 44.9 Å². The molecule has 0 saturated heterocycles. The first kappa shape index (κ1) is 24.9. The fraction of sp³-hybridized carbons (Fsp3) is 0.414. The number of nitrogens with zero attached hydrogens (tertiary/aromatic N) is 1. The van der Waals surface area contributed by atoms with Crippen molar-refractivity contribution in [3.05, 3.63) is 76.5 Å². The Labute approximate surface area is 207 Å². The Morgan fingerprint density at radius 1 is 0.943 bits per heavy atom. The highest BCUT2D eigenvalue weighted by molar-refractivity contribution is 6.12. The molecule has 184 valence electrons. The largest absolute Gasteiger partial charge is 0.497 e. The summed E-state index contributed by atoms with van der Waals surface area (Å²) in [6.07, 6.45) is 2.00. The minimum absolute atomic E-state index is 0.0505. The normalized spacial score (nSPS) is 21.9. The number of aryl methyl sites for hydroxylation is 1. The molecular weight excluding hydrogens is 442 g/mol. The third-order valence-corrected chi connectivity index (χ3v) is 7.03. The van der Waals surface area contributed by atoms with E-state index in [0.717, 1.165) is 29.0 Å². The molecule has 2 aliphatic rings. The van der Waals surface area contributed by atoms with E-state index in [0.29, 0.717) is 30.7 Å². The Balaban J connectivity index is 1.72. The predicted molar refractivity (Wildman–Crippen MR) is 135 cm³/mol. The minimum atomic E-state index is -0.467. The van der Waals surface area contributed by atoms with Gasteiger partial charge in [-0.15, -0.1) is 0 Å². The Morgan fingerprint density at radius 3 is 2.26 bits per heavy atom. The summed E-state index contributed by atoms with van der Waals surface area (Å²) in [6, 6.07) is 16.1. The zero-order valence-corrected chi connectivity index (χ0v) is 20.9. The standard InChI is InChI=1S/C29H33NO5/c1-5-19-6-8-21(9-7-19)27-26(29(32)35-15-14-33-3)18(2)30-24-16-22(17-25(31)28(24)27)20-10-12-23(34-4)13-11-20/h6-13,22,27-28H,5,14-17H2,1-4H3/t22-,27-,28?/m0/s1. The number of rotatable bonds is 8. The molecule has 3 atom stereocenters. The number of methoxy groups -OCH3 is 2. The average Bonchev–Trinajstić information content (AvgIpc) is 2.88. The van der Waals surface area contributed by atoms with Gasteiger partial charge < -0.3 is 14.2 Å². The SMILES string of the molecule is CCc1ccc([C@H]2C(C(=O)OCCOC)=C(C)N=C3C[C@H](c4ccc(OC)cc4)CC(=O)C32)cc1. The van der Waals surface area contributed by atoms with Crippen LogP contribution in [0.1, 0.15) is 55.2 Å². The van der Waals surface area contributed by atoms with Gasteiger partial charge in [0.05, 0.1) is 25.2 Å². The van der Waals surface area contributed by atoms with Crippen molar-refractivity contribution in [2.24, 2.45) is 10.9 Å². The van der Waals surface area contributed by atoms with E-state index in [1.54, 1.807) is 14.2 Å². The van der Waals surface area contributed by atoms with Crippen LogP contribution in [0.4, 0.5) is 0 Å². The smallest absolute Gasteiger partial charge is 0.336 e. The molecule has 0 amide bonds. The average molecular weight is 476 g/mol. The number of aliphatic imine (C=N–C) groups is 1. The summed E-state index contributed by atoms with van der Waals surface area (Å²) in [5, 5.41) is 0. The lowest BCUT2D eigenvalue weighted by Crippen LogP contribution is -2.41. The number of hydrogen-bond acceptors (Lipinski definition) is 6. The monoisotopic (exact) mass is 475 g/mol. The number of carbonyl (C=O) groups excluding carboxylic acids is 2. The Bertz CT molecular complexity index is 1130. The first-order valence-electron chi connectivity index (χ1n) is 12.2. The Hall–Kier alpha value is -3.25. The summed E-state index contributed by atoms with van der Waals surface area (Å²) in [4.78, 5) is 31.7. The highest BCUT2D eigenvalue weighted by Gasteiger charge is 2.46. The van der Waals surface area contributed by atoms with Gasteiger partial charge in [0.15, 0.2) is 0 Å². The van der Waals surface area contributed by atoms with Crippen LogP contribution in [0.5, 0.6) is 5.75 Å². The van der Waals surface area contributed by atoms with E-state index in [1.807, 2.05) is 43.3 Å². The minimum Gasteiger partial charge on any atom is -0.497 e. The fourth-order valence-corrected chi connectivity index (χ4v) is 5.17. The highest BCUT2D eigenvalue weighted by atomic mass is 16.6. The van der Waals surface area contributed by atoms with Crippen LogP contribution in [0.2, 0.25) is 0 Å². The van der Waals surface area contributed by atoms with Crippen molar-refractivity contribution in [2.45, 2.75) is 44.9 Å². The van der Waals surface area contributed by atoms with Crippen molar-refractivity contribution in [3.8, 4) is 5.75 Å². The van der Waals surface area contributed by atoms with Crippen LogP contribution >= 0.6 is 0 Å². The Morgan fingerprint density at radius 2 is 1.63 bits per heavy atom. The van der Waals surface area contributed by atoms with E-state index < -0.39 is 17.8 Å². The van der Waals surface area contributed by atoms with Crippen molar-refractivity contribution in [1.82, 2.24) is 0 Å². The van der Waals surface area contributed by atoms with Crippen LogP contribution in [0, 0.1) is 5.92 Å². The van der Waals surface area contributed by atoms with Gasteiger partial charge in [0.25, 0.3) is 0 Å². The van der Waals surface area contributed by atoms with Crippen molar-refractivity contribution in [1.29, 1.82) is 0 Å². The number of hydrogen-bond donors (Lipinski definition) is 0. The molecular formula is C29H33NO5. The number of Topliss-reactive ketones (excluding diaryl/α,β-unsaturated/α-hetero) is 1. The number of benzene rings is 2. The molecule has 1 aliphatic carbocycles. The van der Waals surface area contributed by atoms with Crippen molar-refractivity contribution in [2.75, 3.05) is 27.4 Å². The first-order valence-corrected chi connectivity index (χ1v) is 12.2. The van der Waals surface area contributed by atoms with Gasteiger partial charge in [0.2, 0.25) is 0 Å². The lowest BCUT2D eigenvalue weighted by Gasteiger charge is -2.38. The van der Waals surface area contributed by atoms with Crippen LogP contribution in [0.15, 0.2) is 64.8 Å². The van der Waals surface area contributed by atoms with E-state index in [2.05, 4.69) is 19.1 Å². The van der Waals surface area contributed by atoms with Gasteiger partial charge in [0.1, 0.15) is 18.1 Å². The summed E-state index contributed by atoms with van der Waals surface area (Å²) >= 11 is 0. The summed E-state index contributed by atoms with van der Waals surface area (Å²) in [5.74, 6) is -0.366. The molecule has 0 radical (unpaired) electrons. The van der Waals surface area contributed by atoms with E-state index in [9.17, 15) is 9.59 Å². The number of allylic oxidation sites excluding steroid dienone is 1. The van der Waals surface area contributed by atoms with Crippen molar-refractivity contribution in [3.63, 3.8) is 0 Å². The molecule has 2 aromatic carbocycles. The maximum Gasteiger partial charge on any atom is 0.336 e. The lowest BCUT2D eigenvalue weighted by molar-refractivity contribution is -0.140. The third kappa shape index (κ3) is 5.22. The molecule has 0 N–H and O–H groups in total. The van der Waals surface area contributed by atoms with E-state index in [4.69, 9.17) is 19.2 Å². The summed E-state index contributed by atoms with van der Waals surface area (Å²) in [5.41, 5.74) is 5.17. The molecule has 1 aliphatic heterocycles. The topological polar surface area (TPSA) is 74.2 Å². The van der Waals surface area contributed by atoms with Gasteiger partial charge in [-0.1, -0.05) is 43.3 Å². The molecule has 0 aromatic heterocycles. The fourth-order valence-electron chi connectivity index (χ4n) is 5.17. The van der Waals surface area contributed by atoms with Crippen LogP contribution in [0.3, 0.4) is 0 Å². The third-order valence-electron chi connectivity index (χ3n) is 7.03. The molecule has 6 heteroatoms. The second-order valence-electron chi connectivity index (χ2n) is 9.13. The molecule has 35 heavy (non-hydrogen) atoms. The van der Waals surface area contributed by atoms with Crippen molar-refractivity contribution < 1.29 is 23.8 Å². The molecule has 6 nitrogen and oxygen atoms in total. The summed E-state index contributed by atoms with van der Waals surface area (Å²) in [6.45, 7) is 4.41. The maximum absolute atomic E-state index is 13.7. The van der Waals surface area contributed by atoms with E-state index in [-0.39, 0.29) is 18.3 Å². The van der Waals surface area contributed by atoms with E-state index in [1.165, 1.54) is 5.56 Å². The zero-order valence-electron chi connectivity index (χ0n) is 20.9. The molecule has 0 bridgehead atoms. The second kappa shape index (κ2) is 11.0. The van der Waals surface area contributed by atoms with Gasteiger partial charge in [0, 0.05) is 30.9 Å². The number of ketones is 1. The predicted octanol–water partition coefficient (Wildman–Crippen LogP) is 5.02. The van der Waals surface area contributed by atoms with Gasteiger partial charge in [-0.05, 0) is 54.5 Å². The second-order valence-corrected chi connectivity index (χ2v) is 9.13. The molecule has 1 unspecified atom stereocenters. The van der Waals surface area contributed by atoms with Crippen LogP contribution < -0.4 is 4.74 Å². The number of carbonyl (C=O) groups is 2. The maximum atomic E-state index is 13.7. The molecule has 2 aromatic rings. The van der Waals surface area contributed by atoms with Gasteiger partial charge >= 0.3 is 5.97 Å². The lowest BCUT2D eigenvalue weighted by atomic mass is 9.66. The quantitative estimate of drug-likeness (QED) is 0.396. The van der Waals surface area contributed by atoms with Gasteiger partial charge in [-0.3, -0.25) is 9.79 Å². The van der Waals surface area contributed by atoms with Gasteiger partial charge in [-0.2, -0.15) is 0 Å². The van der Waals surface area contributed by atoms with E-state index >= 15 is 0 Å². The molecule has 1 fully saturated rings.